The van der Waals surface area contributed by atoms with E-state index in [0.717, 1.165) is 76.1 Å². The van der Waals surface area contributed by atoms with Crippen molar-refractivity contribution in [3.05, 3.63) is 93.9 Å². The number of H-pyrrole nitrogens is 1. The van der Waals surface area contributed by atoms with Crippen LogP contribution in [0.1, 0.15) is 16.7 Å². The number of anilines is 3. The molecular formula is C30H31N5O3. The predicted octanol–water partition coefficient (Wildman–Crippen LogP) is 4.65. The Hall–Kier alpha value is -4.30. The number of aromatic amines is 1. The number of aromatic nitrogens is 2. The van der Waals surface area contributed by atoms with E-state index in [2.05, 4.69) is 38.4 Å². The van der Waals surface area contributed by atoms with Gasteiger partial charge in [0.05, 0.1) is 18.9 Å². The van der Waals surface area contributed by atoms with E-state index < -0.39 is 0 Å². The molecule has 4 heterocycles. The number of pyridine rings is 2. The third-order valence-electron chi connectivity index (χ3n) is 7.01. The Morgan fingerprint density at radius 3 is 2.68 bits per heavy atom. The van der Waals surface area contributed by atoms with Gasteiger partial charge in [0, 0.05) is 74.9 Å². The van der Waals surface area contributed by atoms with E-state index in [4.69, 9.17) is 9.47 Å². The van der Waals surface area contributed by atoms with Crippen LogP contribution in [0.5, 0.6) is 11.5 Å². The summed E-state index contributed by atoms with van der Waals surface area (Å²) < 4.78 is 11.9. The minimum atomic E-state index is -0.125. The molecule has 0 radical (unpaired) electrons. The molecule has 0 spiro atoms. The van der Waals surface area contributed by atoms with E-state index in [0.29, 0.717) is 19.8 Å². The number of ether oxygens (including phenoxy) is 2. The standard InChI is InChI=1S/C30H31N5O3/c1-34(2)28-9-6-20(19-32-28)18-31-23-7-8-27-22(15-23)14-21-4-3-5-25(30(21)38-27)26-16-24(17-29(36)33-26)35-10-12-37-13-11-35/h3-9,15-17,19,31H,10-14,18H2,1-2H3,(H,33,36). The zero-order valence-electron chi connectivity index (χ0n) is 21.7. The molecule has 2 aliphatic rings. The van der Waals surface area contributed by atoms with Crippen molar-refractivity contribution >= 4 is 17.2 Å². The van der Waals surface area contributed by atoms with Crippen molar-refractivity contribution in [3.63, 3.8) is 0 Å². The highest BCUT2D eigenvalue weighted by Gasteiger charge is 2.22. The van der Waals surface area contributed by atoms with Gasteiger partial charge in [-0.05, 0) is 47.5 Å². The van der Waals surface area contributed by atoms with Crippen LogP contribution in [0, 0.1) is 0 Å². The highest BCUT2D eigenvalue weighted by atomic mass is 16.5. The molecule has 0 unspecified atom stereocenters. The van der Waals surface area contributed by atoms with Gasteiger partial charge >= 0.3 is 0 Å². The average molecular weight is 510 g/mol. The smallest absolute Gasteiger partial charge is 0.250 e. The zero-order valence-corrected chi connectivity index (χ0v) is 21.7. The second kappa shape index (κ2) is 10.2. The van der Waals surface area contributed by atoms with Gasteiger partial charge < -0.3 is 29.6 Å². The fraction of sp³-hybridized carbons (Fsp3) is 0.267. The van der Waals surface area contributed by atoms with Crippen molar-refractivity contribution in [2.45, 2.75) is 13.0 Å². The maximum atomic E-state index is 12.6. The summed E-state index contributed by atoms with van der Waals surface area (Å²) in [5.74, 6) is 2.57. The Morgan fingerprint density at radius 1 is 1.03 bits per heavy atom. The van der Waals surface area contributed by atoms with Gasteiger partial charge in [0.1, 0.15) is 17.3 Å². The fourth-order valence-corrected chi connectivity index (χ4v) is 4.97. The minimum Gasteiger partial charge on any atom is -0.456 e. The Labute approximate surface area is 221 Å². The number of morpholine rings is 1. The minimum absolute atomic E-state index is 0.125. The lowest BCUT2D eigenvalue weighted by Crippen LogP contribution is -2.36. The second-order valence-corrected chi connectivity index (χ2v) is 9.88. The molecule has 8 heteroatoms. The molecule has 1 saturated heterocycles. The number of para-hydroxylation sites is 1. The van der Waals surface area contributed by atoms with Crippen LogP contribution in [-0.2, 0) is 17.7 Å². The van der Waals surface area contributed by atoms with E-state index >= 15 is 0 Å². The van der Waals surface area contributed by atoms with Crippen molar-refractivity contribution in [2.24, 2.45) is 0 Å². The molecule has 2 aromatic heterocycles. The summed E-state index contributed by atoms with van der Waals surface area (Å²) in [5.41, 5.74) is 6.79. The van der Waals surface area contributed by atoms with E-state index in [9.17, 15) is 4.79 Å². The third kappa shape index (κ3) is 4.95. The summed E-state index contributed by atoms with van der Waals surface area (Å²) >= 11 is 0. The lowest BCUT2D eigenvalue weighted by Gasteiger charge is -2.29. The summed E-state index contributed by atoms with van der Waals surface area (Å²) in [6.45, 7) is 3.56. The first-order valence-corrected chi connectivity index (χ1v) is 12.9. The second-order valence-electron chi connectivity index (χ2n) is 9.88. The Bertz CT molecular complexity index is 1510. The van der Waals surface area contributed by atoms with Gasteiger partial charge in [-0.3, -0.25) is 4.79 Å². The lowest BCUT2D eigenvalue weighted by molar-refractivity contribution is 0.122. The van der Waals surface area contributed by atoms with Gasteiger partial charge in [-0.15, -0.1) is 0 Å². The molecule has 6 rings (SSSR count). The van der Waals surface area contributed by atoms with E-state index in [1.807, 2.05) is 61.6 Å². The van der Waals surface area contributed by atoms with Crippen LogP contribution in [0.4, 0.5) is 17.2 Å². The van der Waals surface area contributed by atoms with Gasteiger partial charge in [-0.25, -0.2) is 4.98 Å². The Balaban J connectivity index is 1.22. The molecule has 0 saturated carbocycles. The maximum absolute atomic E-state index is 12.6. The number of nitrogens with one attached hydrogen (secondary N) is 2. The molecule has 194 valence electrons. The van der Waals surface area contributed by atoms with Gasteiger partial charge in [-0.1, -0.05) is 18.2 Å². The van der Waals surface area contributed by atoms with Gasteiger partial charge in [0.25, 0.3) is 0 Å². The van der Waals surface area contributed by atoms with Gasteiger partial charge in [0.15, 0.2) is 0 Å². The number of nitrogens with zero attached hydrogens (tertiary/aromatic N) is 3. The molecule has 2 aliphatic heterocycles. The Morgan fingerprint density at radius 2 is 1.89 bits per heavy atom. The molecule has 0 bridgehead atoms. The highest BCUT2D eigenvalue weighted by Crippen LogP contribution is 2.43. The number of hydrogen-bond acceptors (Lipinski definition) is 7. The first-order chi connectivity index (χ1) is 18.5. The molecule has 2 aromatic carbocycles. The van der Waals surface area contributed by atoms with E-state index in [1.54, 1.807) is 6.07 Å². The van der Waals surface area contributed by atoms with Crippen molar-refractivity contribution in [3.8, 4) is 22.8 Å². The fourth-order valence-electron chi connectivity index (χ4n) is 4.97. The number of fused-ring (bicyclic) bond motifs is 2. The van der Waals surface area contributed by atoms with Crippen LogP contribution in [0.25, 0.3) is 11.3 Å². The van der Waals surface area contributed by atoms with Crippen LogP contribution in [0.2, 0.25) is 0 Å². The van der Waals surface area contributed by atoms with Crippen molar-refractivity contribution < 1.29 is 9.47 Å². The quantitative estimate of drug-likeness (QED) is 0.345. The summed E-state index contributed by atoms with van der Waals surface area (Å²) in [7, 11) is 3.97. The molecule has 8 nitrogen and oxygen atoms in total. The van der Waals surface area contributed by atoms with Crippen molar-refractivity contribution in [1.29, 1.82) is 0 Å². The van der Waals surface area contributed by atoms with Gasteiger partial charge in [0.2, 0.25) is 5.56 Å². The molecule has 0 atom stereocenters. The molecule has 0 amide bonds. The van der Waals surface area contributed by atoms with Crippen LogP contribution in [0.15, 0.2) is 71.7 Å². The molecule has 4 aromatic rings. The summed E-state index contributed by atoms with van der Waals surface area (Å²) in [5, 5.41) is 3.50. The highest BCUT2D eigenvalue weighted by molar-refractivity contribution is 5.74. The van der Waals surface area contributed by atoms with Crippen LogP contribution in [0.3, 0.4) is 0 Å². The summed E-state index contributed by atoms with van der Waals surface area (Å²) in [6.07, 6.45) is 2.65. The largest absolute Gasteiger partial charge is 0.456 e. The summed E-state index contributed by atoms with van der Waals surface area (Å²) in [6, 6.07) is 20.1. The van der Waals surface area contributed by atoms with E-state index in [1.165, 1.54) is 0 Å². The molecule has 0 aliphatic carbocycles. The molecule has 1 fully saturated rings. The topological polar surface area (TPSA) is 82.7 Å². The first-order valence-electron chi connectivity index (χ1n) is 12.9. The molecular weight excluding hydrogens is 478 g/mol. The first kappa shape index (κ1) is 24.1. The lowest BCUT2D eigenvalue weighted by atomic mass is 9.96. The normalized spacial score (nSPS) is 14.3. The summed E-state index contributed by atoms with van der Waals surface area (Å²) in [4.78, 5) is 24.3. The average Bonchev–Trinajstić information content (AvgIpc) is 2.95. The van der Waals surface area contributed by atoms with Crippen LogP contribution < -0.4 is 25.4 Å². The third-order valence-corrected chi connectivity index (χ3v) is 7.01. The van der Waals surface area contributed by atoms with Crippen molar-refractivity contribution in [2.75, 3.05) is 55.5 Å². The monoisotopic (exact) mass is 509 g/mol. The maximum Gasteiger partial charge on any atom is 0.250 e. The zero-order chi connectivity index (χ0) is 26.1. The van der Waals surface area contributed by atoms with E-state index in [-0.39, 0.29) is 5.56 Å². The number of benzene rings is 2. The Kier molecular flexibility index (Phi) is 6.47. The van der Waals surface area contributed by atoms with Crippen LogP contribution in [-0.4, -0.2) is 50.4 Å². The molecule has 2 N–H and O–H groups in total. The SMILES string of the molecule is CN(C)c1ccc(CNc2ccc3c(c2)Cc2cccc(-c4cc(N5CCOCC5)cc(=O)[nH]4)c2O3)cn1. The van der Waals surface area contributed by atoms with Gasteiger partial charge in [-0.2, -0.15) is 0 Å². The number of rotatable bonds is 6. The van der Waals surface area contributed by atoms with Crippen LogP contribution >= 0.6 is 0 Å². The number of hydrogen-bond donors (Lipinski definition) is 2. The molecule has 38 heavy (non-hydrogen) atoms. The van der Waals surface area contributed by atoms with Crippen molar-refractivity contribution in [1.82, 2.24) is 9.97 Å². The predicted molar refractivity (Wildman–Crippen MR) is 151 cm³/mol.